The van der Waals surface area contributed by atoms with Crippen molar-refractivity contribution in [1.29, 1.82) is 0 Å². The van der Waals surface area contributed by atoms with Gasteiger partial charge in [0.2, 0.25) is 11.8 Å². The standard InChI is InChI=1S/C29H41N5O7/c1-19(2)27(33-24(37)8-4-3-5-16-34-25(38)13-14-26(34)39)23(36)17-21(7-6-15-31-29(30)41)28(40)32-22-11-9-20(18-35)10-12-22/h9-14,19,21,27,35H,3-8,15-18H2,1-2H3,(H,32,40)(H,33,37)(H3,30,31,41). The van der Waals surface area contributed by atoms with Crippen molar-refractivity contribution in [1.82, 2.24) is 15.5 Å². The summed E-state index contributed by atoms with van der Waals surface area (Å²) in [6, 6.07) is 5.22. The molecule has 0 spiro atoms. The number of nitrogens with two attached hydrogens (primary N) is 1. The average molecular weight is 572 g/mol. The number of hydrogen-bond acceptors (Lipinski definition) is 7. The third kappa shape index (κ3) is 11.5. The van der Waals surface area contributed by atoms with Crippen LogP contribution in [0.4, 0.5) is 10.5 Å². The van der Waals surface area contributed by atoms with Crippen LogP contribution in [0.2, 0.25) is 0 Å². The van der Waals surface area contributed by atoms with Gasteiger partial charge in [0.05, 0.1) is 12.6 Å². The van der Waals surface area contributed by atoms with Crippen LogP contribution in [0, 0.1) is 11.8 Å². The number of aliphatic hydroxyl groups is 1. The van der Waals surface area contributed by atoms with Crippen LogP contribution in [0.3, 0.4) is 0 Å². The molecule has 2 atom stereocenters. The first-order valence-corrected chi connectivity index (χ1v) is 13.9. The number of rotatable bonds is 18. The maximum Gasteiger partial charge on any atom is 0.312 e. The lowest BCUT2D eigenvalue weighted by atomic mass is 9.89. The Kier molecular flexibility index (Phi) is 13.7. The molecule has 0 fully saturated rings. The number of amides is 6. The number of anilines is 1. The first kappa shape index (κ1) is 33.1. The molecule has 0 aromatic heterocycles. The first-order chi connectivity index (χ1) is 19.5. The Labute approximate surface area is 240 Å². The van der Waals surface area contributed by atoms with Crippen LogP contribution in [0.25, 0.3) is 0 Å². The zero-order valence-corrected chi connectivity index (χ0v) is 23.7. The zero-order chi connectivity index (χ0) is 30.4. The fourth-order valence-corrected chi connectivity index (χ4v) is 4.44. The molecule has 41 heavy (non-hydrogen) atoms. The summed E-state index contributed by atoms with van der Waals surface area (Å²) >= 11 is 0. The number of urea groups is 1. The van der Waals surface area contributed by atoms with Crippen LogP contribution in [0.1, 0.15) is 64.4 Å². The lowest BCUT2D eigenvalue weighted by molar-refractivity contribution is -0.137. The minimum atomic E-state index is -0.781. The molecule has 0 saturated heterocycles. The molecule has 2 rings (SSSR count). The number of benzene rings is 1. The molecule has 1 heterocycles. The fourth-order valence-electron chi connectivity index (χ4n) is 4.44. The summed E-state index contributed by atoms with van der Waals surface area (Å²) in [5.74, 6) is -2.51. The Morgan fingerprint density at radius 3 is 2.20 bits per heavy atom. The highest BCUT2D eigenvalue weighted by Gasteiger charge is 2.29. The van der Waals surface area contributed by atoms with E-state index in [1.807, 2.05) is 13.8 Å². The molecule has 224 valence electrons. The van der Waals surface area contributed by atoms with Gasteiger partial charge in [-0.1, -0.05) is 32.4 Å². The number of aliphatic hydroxyl groups excluding tert-OH is 1. The van der Waals surface area contributed by atoms with E-state index >= 15 is 0 Å². The van der Waals surface area contributed by atoms with Crippen LogP contribution in [-0.4, -0.2) is 64.6 Å². The number of ketones is 1. The van der Waals surface area contributed by atoms with E-state index in [9.17, 15) is 33.9 Å². The second-order valence-corrected chi connectivity index (χ2v) is 10.4. The summed E-state index contributed by atoms with van der Waals surface area (Å²) in [5, 5.41) is 17.3. The van der Waals surface area contributed by atoms with E-state index in [1.54, 1.807) is 24.3 Å². The van der Waals surface area contributed by atoms with E-state index in [1.165, 1.54) is 12.2 Å². The van der Waals surface area contributed by atoms with E-state index in [0.717, 1.165) is 4.90 Å². The van der Waals surface area contributed by atoms with Crippen molar-refractivity contribution >= 4 is 41.1 Å². The number of nitrogens with one attached hydrogen (secondary N) is 3. The SMILES string of the molecule is CC(C)C(NC(=O)CCCCCN1C(=O)C=CC1=O)C(=O)CC(CCCNC(N)=O)C(=O)Nc1ccc(CO)cc1. The van der Waals surface area contributed by atoms with Crippen molar-refractivity contribution in [3.05, 3.63) is 42.0 Å². The van der Waals surface area contributed by atoms with Gasteiger partial charge < -0.3 is 26.8 Å². The van der Waals surface area contributed by atoms with Crippen LogP contribution >= 0.6 is 0 Å². The minimum Gasteiger partial charge on any atom is -0.392 e. The Balaban J connectivity index is 1.92. The molecule has 6 amide bonds. The highest BCUT2D eigenvalue weighted by molar-refractivity contribution is 6.12. The number of carbonyl (C=O) groups excluding carboxylic acids is 6. The Bertz CT molecular complexity index is 1100. The van der Waals surface area contributed by atoms with Crippen LogP contribution in [0.15, 0.2) is 36.4 Å². The molecule has 0 saturated carbocycles. The molecule has 1 aromatic rings. The second-order valence-electron chi connectivity index (χ2n) is 10.4. The van der Waals surface area contributed by atoms with Crippen LogP contribution in [-0.2, 0) is 30.6 Å². The fraction of sp³-hybridized carbons (Fsp3) is 0.517. The molecule has 12 nitrogen and oxygen atoms in total. The van der Waals surface area contributed by atoms with E-state index in [0.29, 0.717) is 49.9 Å². The van der Waals surface area contributed by atoms with E-state index in [2.05, 4.69) is 16.0 Å². The van der Waals surface area contributed by atoms with Crippen molar-refractivity contribution in [2.24, 2.45) is 17.6 Å². The summed E-state index contributed by atoms with van der Waals surface area (Å²) in [5.41, 5.74) is 6.32. The lowest BCUT2D eigenvalue weighted by Gasteiger charge is -2.24. The highest BCUT2D eigenvalue weighted by atomic mass is 16.3. The predicted molar refractivity (Wildman–Crippen MR) is 152 cm³/mol. The van der Waals surface area contributed by atoms with Crippen molar-refractivity contribution < 1.29 is 33.9 Å². The first-order valence-electron chi connectivity index (χ1n) is 13.9. The summed E-state index contributed by atoms with van der Waals surface area (Å²) < 4.78 is 0. The van der Waals surface area contributed by atoms with Gasteiger partial charge in [0, 0.05) is 49.7 Å². The van der Waals surface area contributed by atoms with E-state index in [4.69, 9.17) is 5.73 Å². The Morgan fingerprint density at radius 2 is 1.61 bits per heavy atom. The van der Waals surface area contributed by atoms with Gasteiger partial charge in [-0.15, -0.1) is 0 Å². The molecule has 1 aliphatic heterocycles. The quantitative estimate of drug-likeness (QED) is 0.131. The molecular weight excluding hydrogens is 530 g/mol. The van der Waals surface area contributed by atoms with Gasteiger partial charge in [0.1, 0.15) is 0 Å². The third-order valence-electron chi connectivity index (χ3n) is 6.77. The van der Waals surface area contributed by atoms with Gasteiger partial charge in [-0.2, -0.15) is 0 Å². The predicted octanol–water partition coefficient (Wildman–Crippen LogP) is 1.77. The van der Waals surface area contributed by atoms with Gasteiger partial charge in [0.15, 0.2) is 5.78 Å². The third-order valence-corrected chi connectivity index (χ3v) is 6.77. The molecule has 2 unspecified atom stereocenters. The lowest BCUT2D eigenvalue weighted by Crippen LogP contribution is -2.45. The van der Waals surface area contributed by atoms with Gasteiger partial charge in [-0.25, -0.2) is 4.79 Å². The average Bonchev–Trinajstić information content (AvgIpc) is 3.25. The smallest absolute Gasteiger partial charge is 0.312 e. The second kappa shape index (κ2) is 16.9. The summed E-state index contributed by atoms with van der Waals surface area (Å²) in [6.45, 7) is 4.05. The van der Waals surface area contributed by atoms with Gasteiger partial charge in [-0.3, -0.25) is 28.9 Å². The molecule has 0 aliphatic carbocycles. The monoisotopic (exact) mass is 571 g/mol. The van der Waals surface area contributed by atoms with Gasteiger partial charge in [0.25, 0.3) is 11.8 Å². The largest absolute Gasteiger partial charge is 0.392 e. The van der Waals surface area contributed by atoms with Crippen LogP contribution < -0.4 is 21.7 Å². The van der Waals surface area contributed by atoms with Gasteiger partial charge in [-0.05, 0) is 49.3 Å². The molecule has 12 heteroatoms. The Morgan fingerprint density at radius 1 is 0.951 bits per heavy atom. The molecule has 0 bridgehead atoms. The number of imide groups is 1. The minimum absolute atomic E-state index is 0.105. The molecule has 1 aliphatic rings. The zero-order valence-electron chi connectivity index (χ0n) is 23.7. The normalized spacial score (nSPS) is 14.2. The molecule has 1 aromatic carbocycles. The maximum absolute atomic E-state index is 13.3. The van der Waals surface area contributed by atoms with Crippen molar-refractivity contribution in [3.8, 4) is 0 Å². The number of carbonyl (C=O) groups is 6. The number of Topliss-reactive ketones (excluding diaryl/α,β-unsaturated/α-hetero) is 1. The molecule has 6 N–H and O–H groups in total. The summed E-state index contributed by atoms with van der Waals surface area (Å²) in [4.78, 5) is 74.4. The number of primary amides is 1. The van der Waals surface area contributed by atoms with E-state index < -0.39 is 18.0 Å². The molecule has 0 radical (unpaired) electrons. The summed E-state index contributed by atoms with van der Waals surface area (Å²) in [7, 11) is 0. The number of hydrogen-bond donors (Lipinski definition) is 5. The Hall–Kier alpha value is -4.06. The highest BCUT2D eigenvalue weighted by Crippen LogP contribution is 2.19. The van der Waals surface area contributed by atoms with E-state index in [-0.39, 0.29) is 61.3 Å². The number of nitrogens with zero attached hydrogens (tertiary/aromatic N) is 1. The summed E-state index contributed by atoms with van der Waals surface area (Å²) in [6.07, 6.45) is 5.01. The molecular formula is C29H41N5O7. The van der Waals surface area contributed by atoms with Crippen molar-refractivity contribution in [3.63, 3.8) is 0 Å². The van der Waals surface area contributed by atoms with Crippen LogP contribution in [0.5, 0.6) is 0 Å². The van der Waals surface area contributed by atoms with Gasteiger partial charge >= 0.3 is 6.03 Å². The topological polar surface area (TPSA) is 188 Å². The maximum atomic E-state index is 13.3. The van der Waals surface area contributed by atoms with Crippen molar-refractivity contribution in [2.45, 2.75) is 71.4 Å². The van der Waals surface area contributed by atoms with Crippen molar-refractivity contribution in [2.75, 3.05) is 18.4 Å². The number of unbranched alkanes of at least 4 members (excludes halogenated alkanes) is 2.